The molecule has 39 heavy (non-hydrogen) atoms. The predicted molar refractivity (Wildman–Crippen MR) is 149 cm³/mol. The van der Waals surface area contributed by atoms with Crippen LogP contribution in [0.25, 0.3) is 0 Å². The van der Waals surface area contributed by atoms with Crippen LogP contribution in [0.2, 0.25) is 0 Å². The molecule has 5 atom stereocenters. The van der Waals surface area contributed by atoms with E-state index in [1.807, 2.05) is 45.0 Å². The molecule has 0 spiro atoms. The van der Waals surface area contributed by atoms with E-state index in [0.717, 1.165) is 36.4 Å². The summed E-state index contributed by atoms with van der Waals surface area (Å²) >= 11 is 0. The third-order valence-electron chi connectivity index (χ3n) is 8.67. The van der Waals surface area contributed by atoms with Crippen LogP contribution in [0, 0.1) is 40.4 Å². The average molecular weight is 533 g/mol. The molecule has 1 heterocycles. The van der Waals surface area contributed by atoms with Crippen LogP contribution in [-0.4, -0.2) is 39.9 Å². The maximum Gasteiger partial charge on any atom is 0.407 e. The number of nitriles is 1. The highest BCUT2D eigenvalue weighted by Crippen LogP contribution is 2.62. The fourth-order valence-corrected chi connectivity index (χ4v) is 7.26. The lowest BCUT2D eigenvalue weighted by Gasteiger charge is -2.60. The quantitative estimate of drug-likeness (QED) is 0.361. The molecule has 4 bridgehead atoms. The fraction of sp³-hybridized carbons (Fsp3) is 0.600. The average Bonchev–Trinajstić information content (AvgIpc) is 2.89. The maximum absolute atomic E-state index is 12.3. The summed E-state index contributed by atoms with van der Waals surface area (Å²) in [6.07, 6.45) is 7.20. The highest BCUT2D eigenvalue weighted by atomic mass is 16.6. The topological polar surface area (TPSA) is 132 Å². The second-order valence-electron chi connectivity index (χ2n) is 12.8. The van der Waals surface area contributed by atoms with Gasteiger partial charge in [-0.3, -0.25) is 0 Å². The molecule has 4 fully saturated rings. The zero-order valence-corrected chi connectivity index (χ0v) is 23.2. The van der Waals surface area contributed by atoms with E-state index in [1.165, 1.54) is 19.3 Å². The molecular weight excluding hydrogens is 492 g/mol. The molecule has 1 aromatic heterocycles. The summed E-state index contributed by atoms with van der Waals surface area (Å²) in [5.41, 5.74) is 2.07. The van der Waals surface area contributed by atoms with Gasteiger partial charge in [0.05, 0.1) is 12.8 Å². The maximum atomic E-state index is 12.3. The summed E-state index contributed by atoms with van der Waals surface area (Å²) in [5, 5.41) is 28.7. The van der Waals surface area contributed by atoms with Gasteiger partial charge in [0.15, 0.2) is 0 Å². The van der Waals surface area contributed by atoms with Crippen LogP contribution in [0.3, 0.4) is 0 Å². The smallest absolute Gasteiger partial charge is 0.407 e. The summed E-state index contributed by atoms with van der Waals surface area (Å²) < 4.78 is 5.46. The van der Waals surface area contributed by atoms with Gasteiger partial charge in [-0.15, -0.1) is 0 Å². The van der Waals surface area contributed by atoms with E-state index >= 15 is 0 Å². The normalized spacial score (nSPS) is 27.1. The van der Waals surface area contributed by atoms with Crippen molar-refractivity contribution in [3.8, 4) is 6.07 Å². The van der Waals surface area contributed by atoms with Crippen LogP contribution >= 0.6 is 0 Å². The second kappa shape index (κ2) is 11.0. The van der Waals surface area contributed by atoms with E-state index in [1.54, 1.807) is 6.20 Å². The number of aliphatic hydroxyl groups is 1. The Kier molecular flexibility index (Phi) is 7.68. The molecule has 4 N–H and O–H groups in total. The van der Waals surface area contributed by atoms with Crippen LogP contribution in [0.5, 0.6) is 0 Å². The number of carbonyl (C=O) groups excluding carboxylic acids is 1. The summed E-state index contributed by atoms with van der Waals surface area (Å²) in [7, 11) is 0. The lowest BCUT2D eigenvalue weighted by molar-refractivity contribution is -0.0874. The van der Waals surface area contributed by atoms with Crippen molar-refractivity contribution in [1.82, 2.24) is 15.3 Å². The molecule has 4 aliphatic carbocycles. The van der Waals surface area contributed by atoms with E-state index in [9.17, 15) is 15.2 Å². The number of nitrogens with one attached hydrogen (secondary N) is 3. The van der Waals surface area contributed by atoms with Crippen molar-refractivity contribution >= 4 is 17.9 Å². The number of nitrogens with zero attached hydrogens (tertiary/aromatic N) is 3. The molecular formula is C30H40N6O3. The van der Waals surface area contributed by atoms with Crippen LogP contribution in [0.15, 0.2) is 30.5 Å². The van der Waals surface area contributed by atoms with Gasteiger partial charge in [0.25, 0.3) is 0 Å². The fourth-order valence-electron chi connectivity index (χ4n) is 7.26. The van der Waals surface area contributed by atoms with Crippen LogP contribution < -0.4 is 16.0 Å². The number of rotatable bonds is 9. The number of aliphatic hydroxyl groups excluding tert-OH is 1. The third-order valence-corrected chi connectivity index (χ3v) is 8.67. The minimum absolute atomic E-state index is 0.0226. The zero-order chi connectivity index (χ0) is 27.6. The van der Waals surface area contributed by atoms with Gasteiger partial charge in [0.2, 0.25) is 5.95 Å². The standard InChI is InChI=1S/C30H40N6O3/c1-29(2,3)39-28(38)34-16-25-22-8-21-9-23(25)12-30(10-21,11-22)18-35-26-24(13-31)15-33-27(36-26)32-14-19-4-6-20(17-37)7-5-19/h4-7,15,21-23,25,37H,8-12,14,16-18H2,1-3H3,(H,34,38)(H2,32,33,35,36)/t21?,22-,23+,25?,30?. The van der Waals surface area contributed by atoms with Gasteiger partial charge in [-0.25, -0.2) is 9.78 Å². The minimum atomic E-state index is -0.492. The van der Waals surface area contributed by atoms with Gasteiger partial charge in [0.1, 0.15) is 23.1 Å². The van der Waals surface area contributed by atoms with Gasteiger partial charge >= 0.3 is 6.09 Å². The van der Waals surface area contributed by atoms with Gasteiger partial charge in [-0.05, 0) is 93.1 Å². The van der Waals surface area contributed by atoms with E-state index in [-0.39, 0.29) is 18.1 Å². The first-order valence-electron chi connectivity index (χ1n) is 14.1. The largest absolute Gasteiger partial charge is 0.444 e. The molecule has 9 nitrogen and oxygen atoms in total. The lowest BCUT2D eigenvalue weighted by Crippen LogP contribution is -2.55. The molecule has 0 saturated heterocycles. The Bertz CT molecular complexity index is 1200. The highest BCUT2D eigenvalue weighted by molar-refractivity contribution is 5.67. The molecule has 4 aliphatic rings. The molecule has 1 aromatic carbocycles. The lowest BCUT2D eigenvalue weighted by atomic mass is 9.46. The molecule has 0 aliphatic heterocycles. The first kappa shape index (κ1) is 27.2. The third kappa shape index (κ3) is 6.44. The summed E-state index contributed by atoms with van der Waals surface area (Å²) in [6.45, 7) is 7.70. The monoisotopic (exact) mass is 532 g/mol. The minimum Gasteiger partial charge on any atom is -0.444 e. The van der Waals surface area contributed by atoms with E-state index in [2.05, 4.69) is 32.0 Å². The molecule has 4 saturated carbocycles. The molecule has 6 rings (SSSR count). The van der Waals surface area contributed by atoms with Gasteiger partial charge in [-0.2, -0.15) is 10.2 Å². The molecule has 2 aromatic rings. The number of aromatic nitrogens is 2. The molecule has 208 valence electrons. The number of hydrogen-bond donors (Lipinski definition) is 4. The summed E-state index contributed by atoms with van der Waals surface area (Å²) in [5.74, 6) is 3.48. The second-order valence-corrected chi connectivity index (χ2v) is 12.8. The Morgan fingerprint density at radius 3 is 2.46 bits per heavy atom. The van der Waals surface area contributed by atoms with Crippen molar-refractivity contribution in [2.45, 2.75) is 71.6 Å². The molecule has 3 unspecified atom stereocenters. The van der Waals surface area contributed by atoms with Crippen molar-refractivity contribution in [1.29, 1.82) is 5.26 Å². The van der Waals surface area contributed by atoms with Crippen molar-refractivity contribution in [3.05, 3.63) is 47.2 Å². The number of benzene rings is 1. The predicted octanol–water partition coefficient (Wildman–Crippen LogP) is 4.83. The molecule has 9 heteroatoms. The van der Waals surface area contributed by atoms with E-state index in [4.69, 9.17) is 4.74 Å². The summed E-state index contributed by atoms with van der Waals surface area (Å²) in [4.78, 5) is 21.2. The van der Waals surface area contributed by atoms with Gasteiger partial charge < -0.3 is 25.8 Å². The van der Waals surface area contributed by atoms with E-state index < -0.39 is 5.60 Å². The van der Waals surface area contributed by atoms with Crippen molar-refractivity contribution < 1.29 is 14.6 Å². The van der Waals surface area contributed by atoms with Crippen LogP contribution in [0.1, 0.15) is 69.6 Å². The Hall–Kier alpha value is -3.38. The van der Waals surface area contributed by atoms with Crippen molar-refractivity contribution in [2.75, 3.05) is 23.7 Å². The van der Waals surface area contributed by atoms with Crippen molar-refractivity contribution in [2.24, 2.45) is 29.1 Å². The Balaban J connectivity index is 1.20. The Morgan fingerprint density at radius 2 is 1.82 bits per heavy atom. The van der Waals surface area contributed by atoms with Crippen LogP contribution in [-0.2, 0) is 17.9 Å². The number of hydrogen-bond acceptors (Lipinski definition) is 8. The van der Waals surface area contributed by atoms with E-state index in [0.29, 0.717) is 48.2 Å². The van der Waals surface area contributed by atoms with Crippen molar-refractivity contribution in [3.63, 3.8) is 0 Å². The molecule has 0 radical (unpaired) electrons. The first-order valence-corrected chi connectivity index (χ1v) is 14.1. The zero-order valence-electron chi connectivity index (χ0n) is 23.2. The highest BCUT2D eigenvalue weighted by Gasteiger charge is 2.55. The first-order chi connectivity index (χ1) is 18.6. The number of carbonyl (C=O) groups is 1. The van der Waals surface area contributed by atoms with Gasteiger partial charge in [-0.1, -0.05) is 24.3 Å². The molecule has 1 amide bonds. The number of ether oxygens (including phenoxy) is 1. The number of anilines is 2. The van der Waals surface area contributed by atoms with Gasteiger partial charge in [0, 0.05) is 19.6 Å². The SMILES string of the molecule is CC(C)(C)OC(=O)NCC1[C@@H]2CC3C[C@H]1CC(CNc1nc(NCc4ccc(CO)cc4)ncc1C#N)(C3)C2. The number of amides is 1. The number of alkyl carbamates (subject to hydrolysis) is 1. The summed E-state index contributed by atoms with van der Waals surface area (Å²) in [6, 6.07) is 9.95. The Morgan fingerprint density at radius 1 is 1.13 bits per heavy atom. The Labute approximate surface area is 230 Å². The van der Waals surface area contributed by atoms with Crippen LogP contribution in [0.4, 0.5) is 16.6 Å².